The van der Waals surface area contributed by atoms with E-state index < -0.39 is 0 Å². The molecular formula is C11H22N2O3. The van der Waals surface area contributed by atoms with Crippen LogP contribution >= 0.6 is 0 Å². The summed E-state index contributed by atoms with van der Waals surface area (Å²) in [5, 5.41) is 11.6. The largest absolute Gasteiger partial charge is 0.394 e. The van der Waals surface area contributed by atoms with Crippen LogP contribution in [0.25, 0.3) is 0 Å². The molecule has 0 bridgehead atoms. The number of aliphatic hydroxyl groups excluding tert-OH is 1. The number of nitrogens with one attached hydrogen (secondary N) is 1. The highest BCUT2D eigenvalue weighted by Gasteiger charge is 2.15. The van der Waals surface area contributed by atoms with Gasteiger partial charge in [-0.15, -0.1) is 0 Å². The normalized spacial score (nSPS) is 12.0. The quantitative estimate of drug-likeness (QED) is 0.653. The van der Waals surface area contributed by atoms with Crippen molar-refractivity contribution in [2.45, 2.75) is 39.2 Å². The molecule has 16 heavy (non-hydrogen) atoms. The SMILES string of the molecule is CCCNC(=O)CCC(=O)N(C)C(C)CO. The second kappa shape index (κ2) is 8.10. The summed E-state index contributed by atoms with van der Waals surface area (Å²) in [6, 6.07) is -0.203. The lowest BCUT2D eigenvalue weighted by Gasteiger charge is -2.22. The van der Waals surface area contributed by atoms with Crippen molar-refractivity contribution < 1.29 is 14.7 Å². The molecule has 0 heterocycles. The van der Waals surface area contributed by atoms with E-state index in [9.17, 15) is 9.59 Å². The molecule has 1 unspecified atom stereocenters. The van der Waals surface area contributed by atoms with Gasteiger partial charge in [-0.1, -0.05) is 6.92 Å². The van der Waals surface area contributed by atoms with Crippen LogP contribution in [0, 0.1) is 0 Å². The highest BCUT2D eigenvalue weighted by molar-refractivity contribution is 5.83. The van der Waals surface area contributed by atoms with Gasteiger partial charge in [0.05, 0.1) is 12.6 Å². The molecule has 0 aliphatic rings. The zero-order valence-electron chi connectivity index (χ0n) is 10.3. The molecule has 0 aromatic heterocycles. The minimum Gasteiger partial charge on any atom is -0.394 e. The van der Waals surface area contributed by atoms with E-state index in [0.717, 1.165) is 6.42 Å². The predicted octanol–water partition coefficient (Wildman–Crippen LogP) is 0.132. The summed E-state index contributed by atoms with van der Waals surface area (Å²) >= 11 is 0. The Morgan fingerprint density at radius 1 is 1.38 bits per heavy atom. The molecule has 0 aromatic rings. The van der Waals surface area contributed by atoms with Gasteiger partial charge >= 0.3 is 0 Å². The topological polar surface area (TPSA) is 69.6 Å². The third kappa shape index (κ3) is 5.70. The smallest absolute Gasteiger partial charge is 0.223 e. The van der Waals surface area contributed by atoms with Crippen molar-refractivity contribution in [3.63, 3.8) is 0 Å². The fourth-order valence-corrected chi connectivity index (χ4v) is 1.12. The lowest BCUT2D eigenvalue weighted by molar-refractivity contribution is -0.134. The van der Waals surface area contributed by atoms with Gasteiger partial charge in [0, 0.05) is 26.4 Å². The van der Waals surface area contributed by atoms with Gasteiger partial charge in [-0.3, -0.25) is 9.59 Å². The predicted molar refractivity (Wildman–Crippen MR) is 61.9 cm³/mol. The van der Waals surface area contributed by atoms with Crippen LogP contribution in [0.5, 0.6) is 0 Å². The molecule has 2 amide bonds. The Morgan fingerprint density at radius 3 is 2.50 bits per heavy atom. The Labute approximate surface area is 96.8 Å². The molecule has 0 aromatic carbocycles. The van der Waals surface area contributed by atoms with E-state index >= 15 is 0 Å². The number of nitrogens with zero attached hydrogens (tertiary/aromatic N) is 1. The average Bonchev–Trinajstić information content (AvgIpc) is 2.31. The maximum absolute atomic E-state index is 11.6. The summed E-state index contributed by atoms with van der Waals surface area (Å²) in [4.78, 5) is 24.3. The van der Waals surface area contributed by atoms with Gasteiger partial charge in [-0.2, -0.15) is 0 Å². The number of likely N-dealkylation sites (N-methyl/N-ethyl adjacent to an activating group) is 1. The van der Waals surface area contributed by atoms with Crippen LogP contribution in [0.2, 0.25) is 0 Å². The van der Waals surface area contributed by atoms with E-state index in [1.165, 1.54) is 4.90 Å². The molecule has 1 atom stereocenters. The Morgan fingerprint density at radius 2 is 2.00 bits per heavy atom. The van der Waals surface area contributed by atoms with Crippen LogP contribution in [0.15, 0.2) is 0 Å². The van der Waals surface area contributed by atoms with Gasteiger partial charge in [0.15, 0.2) is 0 Å². The van der Waals surface area contributed by atoms with Gasteiger partial charge in [0.2, 0.25) is 11.8 Å². The Bertz CT molecular complexity index is 231. The van der Waals surface area contributed by atoms with Crippen LogP contribution in [0.4, 0.5) is 0 Å². The van der Waals surface area contributed by atoms with Crippen LogP contribution in [0.3, 0.4) is 0 Å². The number of aliphatic hydroxyl groups is 1. The summed E-state index contributed by atoms with van der Waals surface area (Å²) in [6.07, 6.45) is 1.29. The molecule has 0 aliphatic carbocycles. The number of carbonyl (C=O) groups excluding carboxylic acids is 2. The van der Waals surface area contributed by atoms with E-state index in [2.05, 4.69) is 5.32 Å². The first-order chi connectivity index (χ1) is 7.52. The fourth-order valence-electron chi connectivity index (χ4n) is 1.12. The van der Waals surface area contributed by atoms with Crippen molar-refractivity contribution in [1.29, 1.82) is 0 Å². The second-order valence-electron chi connectivity index (χ2n) is 3.89. The summed E-state index contributed by atoms with van der Waals surface area (Å²) in [5.74, 6) is -0.214. The van der Waals surface area contributed by atoms with Crippen molar-refractivity contribution in [1.82, 2.24) is 10.2 Å². The maximum Gasteiger partial charge on any atom is 0.223 e. The third-order valence-electron chi connectivity index (χ3n) is 2.46. The van der Waals surface area contributed by atoms with Crippen molar-refractivity contribution in [2.24, 2.45) is 0 Å². The molecule has 0 aliphatic heterocycles. The molecule has 5 heteroatoms. The van der Waals surface area contributed by atoms with E-state index in [0.29, 0.717) is 6.54 Å². The second-order valence-corrected chi connectivity index (χ2v) is 3.89. The minimum atomic E-state index is -0.203. The molecule has 5 nitrogen and oxygen atoms in total. The molecule has 0 fully saturated rings. The lowest BCUT2D eigenvalue weighted by Crippen LogP contribution is -2.38. The summed E-state index contributed by atoms with van der Waals surface area (Å²) in [7, 11) is 1.63. The Hall–Kier alpha value is -1.10. The molecule has 0 saturated carbocycles. The monoisotopic (exact) mass is 230 g/mol. The first kappa shape index (κ1) is 14.9. The molecule has 0 spiro atoms. The summed E-state index contributed by atoms with van der Waals surface area (Å²) in [6.45, 7) is 4.32. The van der Waals surface area contributed by atoms with Crippen molar-refractivity contribution in [3.8, 4) is 0 Å². The van der Waals surface area contributed by atoms with Crippen molar-refractivity contribution >= 4 is 11.8 Å². The van der Waals surface area contributed by atoms with Crippen LogP contribution in [-0.2, 0) is 9.59 Å². The van der Waals surface area contributed by atoms with Gasteiger partial charge in [0.25, 0.3) is 0 Å². The van der Waals surface area contributed by atoms with Gasteiger partial charge in [-0.05, 0) is 13.3 Å². The number of carbonyl (C=O) groups is 2. The summed E-state index contributed by atoms with van der Waals surface area (Å²) in [5.41, 5.74) is 0. The highest BCUT2D eigenvalue weighted by Crippen LogP contribution is 2.00. The molecule has 0 rings (SSSR count). The molecule has 94 valence electrons. The molecule has 2 N–H and O–H groups in total. The van der Waals surface area contributed by atoms with E-state index in [4.69, 9.17) is 5.11 Å². The van der Waals surface area contributed by atoms with E-state index in [-0.39, 0.29) is 37.3 Å². The fraction of sp³-hybridized carbons (Fsp3) is 0.818. The summed E-state index contributed by atoms with van der Waals surface area (Å²) < 4.78 is 0. The first-order valence-electron chi connectivity index (χ1n) is 5.66. The van der Waals surface area contributed by atoms with Gasteiger partial charge in [0.1, 0.15) is 0 Å². The Balaban J connectivity index is 3.84. The third-order valence-corrected chi connectivity index (χ3v) is 2.46. The van der Waals surface area contributed by atoms with E-state index in [1.54, 1.807) is 14.0 Å². The van der Waals surface area contributed by atoms with Crippen LogP contribution in [-0.4, -0.2) is 48.1 Å². The molecule has 0 radical (unpaired) electrons. The average molecular weight is 230 g/mol. The van der Waals surface area contributed by atoms with Crippen LogP contribution in [0.1, 0.15) is 33.1 Å². The van der Waals surface area contributed by atoms with Gasteiger partial charge in [-0.25, -0.2) is 0 Å². The zero-order valence-corrected chi connectivity index (χ0v) is 10.3. The standard InChI is InChI=1S/C11H22N2O3/c1-4-7-12-10(15)5-6-11(16)13(3)9(2)8-14/h9,14H,4-8H2,1-3H3,(H,12,15). The molecule has 0 saturated heterocycles. The minimum absolute atomic E-state index is 0.0652. The lowest BCUT2D eigenvalue weighted by atomic mass is 10.2. The van der Waals surface area contributed by atoms with Gasteiger partial charge < -0.3 is 15.3 Å². The van der Waals surface area contributed by atoms with E-state index in [1.807, 2.05) is 6.92 Å². The number of hydrogen-bond acceptors (Lipinski definition) is 3. The Kier molecular flexibility index (Phi) is 7.54. The first-order valence-corrected chi connectivity index (χ1v) is 5.66. The molecular weight excluding hydrogens is 208 g/mol. The highest BCUT2D eigenvalue weighted by atomic mass is 16.3. The van der Waals surface area contributed by atoms with Crippen molar-refractivity contribution in [2.75, 3.05) is 20.2 Å². The zero-order chi connectivity index (χ0) is 12.6. The van der Waals surface area contributed by atoms with Crippen molar-refractivity contribution in [3.05, 3.63) is 0 Å². The number of rotatable bonds is 7. The van der Waals surface area contributed by atoms with Crippen LogP contribution < -0.4 is 5.32 Å². The number of amides is 2. The maximum atomic E-state index is 11.6. The number of hydrogen-bond donors (Lipinski definition) is 2.